The molecule has 1 heterocycles. The molecule has 0 radical (unpaired) electrons. The quantitative estimate of drug-likeness (QED) is 0.174. The van der Waals surface area contributed by atoms with Gasteiger partial charge in [0.15, 0.2) is 0 Å². The van der Waals surface area contributed by atoms with Gasteiger partial charge in [-0.15, -0.1) is 0 Å². The molecule has 0 saturated carbocycles. The van der Waals surface area contributed by atoms with E-state index in [2.05, 4.69) is 134 Å². The average Bonchev–Trinajstić information content (AvgIpc) is 3.62. The van der Waals surface area contributed by atoms with E-state index in [-0.39, 0.29) is 5.41 Å². The minimum absolute atomic E-state index is 0.0841. The molecule has 3 aliphatic rings. The van der Waals surface area contributed by atoms with Crippen molar-refractivity contribution in [3.05, 3.63) is 129 Å². The number of benzene rings is 4. The summed E-state index contributed by atoms with van der Waals surface area (Å²) in [6, 6.07) is 32.6. The Bertz CT molecular complexity index is 1640. The van der Waals surface area contributed by atoms with Crippen LogP contribution in [-0.4, -0.2) is 0 Å². The molecule has 4 aromatic rings. The number of hydrogen-bond donors (Lipinski definition) is 0. The van der Waals surface area contributed by atoms with E-state index in [1.165, 1.54) is 57.3 Å². The first-order valence-corrected chi connectivity index (χ1v) is 27.5. The van der Waals surface area contributed by atoms with Crippen molar-refractivity contribution < 1.29 is 20.0 Å². The van der Waals surface area contributed by atoms with Crippen LogP contribution in [0.4, 0.5) is 0 Å². The van der Waals surface area contributed by atoms with Crippen molar-refractivity contribution in [1.29, 1.82) is 0 Å². The fraction of sp³-hybridized carbons (Fsp3) is 0.317. The molecule has 0 bridgehead atoms. The molecule has 2 unspecified atom stereocenters. The van der Waals surface area contributed by atoms with Gasteiger partial charge in [-0.1, -0.05) is 0 Å². The molecule has 1 saturated heterocycles. The second kappa shape index (κ2) is 10.4. The number of rotatable bonds is 6. The topological polar surface area (TPSA) is 0 Å². The molecule has 7 rings (SSSR count). The number of hydrogen-bond acceptors (Lipinski definition) is 0. The zero-order valence-electron chi connectivity index (χ0n) is 26.2. The summed E-state index contributed by atoms with van der Waals surface area (Å²) < 4.78 is 6.80. The molecular weight excluding hydrogens is 671 g/mol. The van der Waals surface area contributed by atoms with Crippen molar-refractivity contribution in [2.24, 2.45) is 5.41 Å². The molecule has 0 spiro atoms. The maximum atomic E-state index is 2.78. The molecule has 2 atom stereocenters. The first kappa shape index (κ1) is 28.0. The monoisotopic (exact) mass is 716 g/mol. The second-order valence-corrected chi connectivity index (χ2v) is 30.8. The molecule has 0 N–H and O–H groups in total. The van der Waals surface area contributed by atoms with E-state index in [4.69, 9.17) is 0 Å². The van der Waals surface area contributed by atoms with Gasteiger partial charge in [0.2, 0.25) is 0 Å². The molecule has 212 valence electrons. The van der Waals surface area contributed by atoms with Crippen LogP contribution in [-0.2, 0) is 32.8 Å². The molecule has 0 amide bonds. The van der Waals surface area contributed by atoms with Gasteiger partial charge in [-0.25, -0.2) is 0 Å². The molecule has 0 nitrogen and oxygen atoms in total. The summed E-state index contributed by atoms with van der Waals surface area (Å²) in [5.41, 5.74) is 18.5. The number of fused-ring (bicyclic) bond motifs is 6. The molecule has 0 aromatic heterocycles. The van der Waals surface area contributed by atoms with Crippen LogP contribution in [0, 0.1) is 5.41 Å². The summed E-state index contributed by atoms with van der Waals surface area (Å²) in [5, 5.41) is 0. The van der Waals surface area contributed by atoms with Gasteiger partial charge in [-0.05, 0) is 0 Å². The van der Waals surface area contributed by atoms with Crippen LogP contribution in [0.3, 0.4) is 0 Å². The normalized spacial score (nSPS) is 23.0. The molecule has 1 fully saturated rings. The fourth-order valence-corrected chi connectivity index (χ4v) is 26.6. The Hall–Kier alpha value is -2.77. The van der Waals surface area contributed by atoms with E-state index in [1.807, 2.05) is 0 Å². The van der Waals surface area contributed by atoms with E-state index in [9.17, 15) is 0 Å². The third-order valence-electron chi connectivity index (χ3n) is 11.0. The first-order chi connectivity index (χ1) is 20.3. The third kappa shape index (κ3) is 3.95. The Kier molecular flexibility index (Phi) is 6.97. The molecule has 2 aliphatic carbocycles. The Balaban J connectivity index is 1.46. The molecule has 42 heavy (non-hydrogen) atoms. The summed E-state index contributed by atoms with van der Waals surface area (Å²) >= 11 is -3.07. The number of allylic oxidation sites excluding steroid dienone is 2. The van der Waals surface area contributed by atoms with Crippen LogP contribution in [0.2, 0.25) is 9.36 Å². The zero-order chi connectivity index (χ0) is 29.2. The van der Waals surface area contributed by atoms with Gasteiger partial charge < -0.3 is 0 Å². The van der Waals surface area contributed by atoms with Crippen LogP contribution < -0.4 is 0 Å². The van der Waals surface area contributed by atoms with Gasteiger partial charge in [-0.2, -0.15) is 0 Å². The fourth-order valence-electron chi connectivity index (χ4n) is 9.14. The van der Waals surface area contributed by atoms with Gasteiger partial charge in [0.1, 0.15) is 0 Å². The van der Waals surface area contributed by atoms with Crippen molar-refractivity contribution in [2.45, 2.75) is 70.1 Å². The van der Waals surface area contributed by atoms with Gasteiger partial charge in [0, 0.05) is 0 Å². The molecular formula is C41H44Hf. The van der Waals surface area contributed by atoms with Crippen molar-refractivity contribution in [3.8, 4) is 22.3 Å². The first-order valence-electron chi connectivity index (χ1n) is 16.2. The van der Waals surface area contributed by atoms with Gasteiger partial charge >= 0.3 is 259 Å². The van der Waals surface area contributed by atoms with E-state index in [0.717, 1.165) is 12.8 Å². The second-order valence-electron chi connectivity index (χ2n) is 13.6. The van der Waals surface area contributed by atoms with E-state index >= 15 is 0 Å². The van der Waals surface area contributed by atoms with Gasteiger partial charge in [0.25, 0.3) is 0 Å². The third-order valence-corrected chi connectivity index (χ3v) is 26.2. The van der Waals surface area contributed by atoms with Gasteiger partial charge in [-0.3, -0.25) is 0 Å². The summed E-state index contributed by atoms with van der Waals surface area (Å²) in [4.78, 5) is 0. The predicted octanol–water partition coefficient (Wildman–Crippen LogP) is 11.8. The van der Waals surface area contributed by atoms with E-state index < -0.39 is 20.0 Å². The average molecular weight is 715 g/mol. The van der Waals surface area contributed by atoms with Crippen LogP contribution in [0.15, 0.2) is 96.1 Å². The molecule has 4 aromatic carbocycles. The Morgan fingerprint density at radius 3 is 1.43 bits per heavy atom. The Labute approximate surface area is 257 Å². The zero-order valence-corrected chi connectivity index (χ0v) is 29.8. The number of aryl methyl sites for hydroxylation is 2. The molecule has 1 heteroatoms. The van der Waals surface area contributed by atoms with Crippen LogP contribution in [0.25, 0.3) is 34.4 Å². The minimum atomic E-state index is -3.07. The maximum absolute atomic E-state index is 3.07. The van der Waals surface area contributed by atoms with E-state index in [1.54, 1.807) is 22.3 Å². The van der Waals surface area contributed by atoms with Crippen molar-refractivity contribution in [2.75, 3.05) is 0 Å². The van der Waals surface area contributed by atoms with Crippen LogP contribution in [0.1, 0.15) is 81.3 Å². The van der Waals surface area contributed by atoms with Crippen molar-refractivity contribution >= 4 is 12.2 Å². The Morgan fingerprint density at radius 2 is 1.00 bits per heavy atom. The summed E-state index contributed by atoms with van der Waals surface area (Å²) in [6.07, 6.45) is 9.91. The predicted molar refractivity (Wildman–Crippen MR) is 179 cm³/mol. The van der Waals surface area contributed by atoms with Crippen LogP contribution in [0.5, 0.6) is 0 Å². The summed E-state index contributed by atoms with van der Waals surface area (Å²) in [5.74, 6) is 0. The Morgan fingerprint density at radius 1 is 0.571 bits per heavy atom. The van der Waals surface area contributed by atoms with Crippen LogP contribution >= 0.6 is 0 Å². The van der Waals surface area contributed by atoms with Crippen molar-refractivity contribution in [1.82, 2.24) is 0 Å². The molecule has 1 aliphatic heterocycles. The summed E-state index contributed by atoms with van der Waals surface area (Å²) in [6.45, 7) is 9.57. The SMILES string of the molecule is CCCC1(C)C2=Cc3c(-c4ccccc4CC)cccc3[CH]2[Hf]([CH3])([CH3])[CH]2C1=Cc1c(-c3ccccc3CC)cccc12. The van der Waals surface area contributed by atoms with E-state index in [0.29, 0.717) is 7.35 Å². The van der Waals surface area contributed by atoms with Gasteiger partial charge in [0.05, 0.1) is 0 Å². The standard InChI is InChI=1S/C39H38.2CH3.Hf/c1-5-22-39(4,31-23-29-16-12-20-35(37(29)25-31)33-18-10-8-14-27(33)6-2)32-24-30-17-13-21-36(38(30)26-32)34-19-11-9-15-28(34)7-3;;;/h8-21,23-26H,5-7,22H2,1-4H3;2*1H3;. The summed E-state index contributed by atoms with van der Waals surface area (Å²) in [7, 11) is 0. The van der Waals surface area contributed by atoms with Crippen molar-refractivity contribution in [3.63, 3.8) is 0 Å².